The van der Waals surface area contributed by atoms with Gasteiger partial charge in [0.15, 0.2) is 0 Å². The van der Waals surface area contributed by atoms with Crippen LogP contribution in [0.1, 0.15) is 38.5 Å². The molecular weight excluding hydrogens is 162 g/mol. The molecule has 2 nitrogen and oxygen atoms in total. The molecule has 1 fully saturated rings. The molecule has 0 radical (unpaired) electrons. The maximum absolute atomic E-state index is 8.61. The maximum atomic E-state index is 8.61. The number of unbranched alkanes of at least 4 members (excludes halogenated alkanes) is 2. The molecule has 78 valence electrons. The van der Waals surface area contributed by atoms with Crippen molar-refractivity contribution < 1.29 is 5.11 Å². The van der Waals surface area contributed by atoms with Crippen molar-refractivity contribution in [3.05, 3.63) is 0 Å². The van der Waals surface area contributed by atoms with Gasteiger partial charge < -0.3 is 10.0 Å². The minimum absolute atomic E-state index is 0.354. The summed E-state index contributed by atoms with van der Waals surface area (Å²) in [6.45, 7) is 2.85. The number of hydrogen-bond donors (Lipinski definition) is 1. The molecule has 1 saturated carbocycles. The van der Waals surface area contributed by atoms with Gasteiger partial charge in [0.1, 0.15) is 0 Å². The molecule has 2 heteroatoms. The second-order valence-corrected chi connectivity index (χ2v) is 4.34. The molecule has 0 aliphatic heterocycles. The number of aliphatic hydroxyl groups excluding tert-OH is 1. The van der Waals surface area contributed by atoms with Gasteiger partial charge in [0, 0.05) is 13.2 Å². The zero-order chi connectivity index (χ0) is 9.52. The van der Waals surface area contributed by atoms with Gasteiger partial charge in [0.05, 0.1) is 0 Å². The zero-order valence-corrected chi connectivity index (χ0v) is 8.84. The molecule has 1 N–H and O–H groups in total. The second-order valence-electron chi connectivity index (χ2n) is 4.34. The van der Waals surface area contributed by atoms with Crippen LogP contribution in [0.15, 0.2) is 0 Å². The molecule has 0 heterocycles. The van der Waals surface area contributed by atoms with Gasteiger partial charge in [-0.05, 0) is 51.6 Å². The van der Waals surface area contributed by atoms with Crippen LogP contribution in [-0.2, 0) is 0 Å². The highest BCUT2D eigenvalue weighted by molar-refractivity contribution is 4.72. The summed E-state index contributed by atoms with van der Waals surface area (Å²) >= 11 is 0. The van der Waals surface area contributed by atoms with Crippen LogP contribution in [-0.4, -0.2) is 36.8 Å². The van der Waals surface area contributed by atoms with Gasteiger partial charge in [-0.15, -0.1) is 0 Å². The summed E-state index contributed by atoms with van der Waals surface area (Å²) in [5, 5.41) is 8.61. The van der Waals surface area contributed by atoms with E-state index in [2.05, 4.69) is 11.9 Å². The van der Waals surface area contributed by atoms with Crippen molar-refractivity contribution in [2.75, 3.05) is 26.7 Å². The zero-order valence-electron chi connectivity index (χ0n) is 8.84. The summed E-state index contributed by atoms with van der Waals surface area (Å²) in [4.78, 5) is 2.45. The normalized spacial score (nSPS) is 17.8. The Balaban J connectivity index is 1.87. The van der Waals surface area contributed by atoms with Crippen LogP contribution < -0.4 is 0 Å². The SMILES string of the molecule is CN(CCCCCO)CC1CCC1. The Kier molecular flexibility index (Phi) is 5.40. The highest BCUT2D eigenvalue weighted by Crippen LogP contribution is 2.26. The van der Waals surface area contributed by atoms with Gasteiger partial charge in [-0.2, -0.15) is 0 Å². The standard InChI is InChI=1S/C11H23NO/c1-12(8-3-2-4-9-13)10-11-6-5-7-11/h11,13H,2-10H2,1H3. The van der Waals surface area contributed by atoms with Crippen molar-refractivity contribution in [2.45, 2.75) is 38.5 Å². The van der Waals surface area contributed by atoms with Crippen molar-refractivity contribution in [3.63, 3.8) is 0 Å². The number of hydrogen-bond acceptors (Lipinski definition) is 2. The summed E-state index contributed by atoms with van der Waals surface area (Å²) in [6.07, 6.45) is 7.72. The lowest BCUT2D eigenvalue weighted by Gasteiger charge is -2.30. The Morgan fingerprint density at radius 2 is 2.00 bits per heavy atom. The average molecular weight is 185 g/mol. The quantitative estimate of drug-likeness (QED) is 0.612. The molecule has 1 rings (SSSR count). The molecule has 0 aromatic rings. The number of aliphatic hydroxyl groups is 1. The van der Waals surface area contributed by atoms with Gasteiger partial charge in [-0.3, -0.25) is 0 Å². The van der Waals surface area contributed by atoms with E-state index in [1.165, 1.54) is 45.2 Å². The first-order valence-electron chi connectivity index (χ1n) is 5.62. The molecule has 1 aliphatic rings. The fraction of sp³-hybridized carbons (Fsp3) is 1.00. The van der Waals surface area contributed by atoms with E-state index in [4.69, 9.17) is 5.11 Å². The molecular formula is C11H23NO. The average Bonchev–Trinajstić information content (AvgIpc) is 2.06. The molecule has 0 unspecified atom stereocenters. The predicted octanol–water partition coefficient (Wildman–Crippen LogP) is 1.88. The molecule has 0 amide bonds. The van der Waals surface area contributed by atoms with Crippen molar-refractivity contribution in [2.24, 2.45) is 5.92 Å². The van der Waals surface area contributed by atoms with Crippen molar-refractivity contribution in [1.82, 2.24) is 4.90 Å². The molecule has 0 aromatic carbocycles. The minimum atomic E-state index is 0.354. The molecule has 0 atom stereocenters. The Morgan fingerprint density at radius 1 is 1.23 bits per heavy atom. The molecule has 0 spiro atoms. The predicted molar refractivity (Wildman–Crippen MR) is 55.8 cm³/mol. The third-order valence-electron chi connectivity index (χ3n) is 2.99. The van der Waals surface area contributed by atoms with Crippen LogP contribution in [0, 0.1) is 5.92 Å². The Bertz CT molecular complexity index is 123. The van der Waals surface area contributed by atoms with Gasteiger partial charge in [-0.1, -0.05) is 6.42 Å². The fourth-order valence-corrected chi connectivity index (χ4v) is 1.88. The molecule has 0 saturated heterocycles. The van der Waals surface area contributed by atoms with E-state index in [1.54, 1.807) is 0 Å². The highest BCUT2D eigenvalue weighted by Gasteiger charge is 2.18. The summed E-state index contributed by atoms with van der Waals surface area (Å²) < 4.78 is 0. The van der Waals surface area contributed by atoms with Crippen molar-refractivity contribution in [1.29, 1.82) is 0 Å². The third kappa shape index (κ3) is 4.63. The third-order valence-corrected chi connectivity index (χ3v) is 2.99. The lowest BCUT2D eigenvalue weighted by atomic mass is 9.85. The number of rotatable bonds is 7. The maximum Gasteiger partial charge on any atom is 0.0431 e. The smallest absolute Gasteiger partial charge is 0.0431 e. The van der Waals surface area contributed by atoms with Gasteiger partial charge in [0.25, 0.3) is 0 Å². The molecule has 0 bridgehead atoms. The van der Waals surface area contributed by atoms with E-state index in [0.717, 1.165) is 12.3 Å². The van der Waals surface area contributed by atoms with Crippen LogP contribution in [0.2, 0.25) is 0 Å². The fourth-order valence-electron chi connectivity index (χ4n) is 1.88. The Labute approximate surface area is 81.9 Å². The van der Waals surface area contributed by atoms with Crippen LogP contribution in [0.4, 0.5) is 0 Å². The van der Waals surface area contributed by atoms with Crippen LogP contribution in [0.25, 0.3) is 0 Å². The highest BCUT2D eigenvalue weighted by atomic mass is 16.2. The second kappa shape index (κ2) is 6.39. The van der Waals surface area contributed by atoms with E-state index in [1.807, 2.05) is 0 Å². The number of nitrogens with zero attached hydrogens (tertiary/aromatic N) is 1. The Hall–Kier alpha value is -0.0800. The Morgan fingerprint density at radius 3 is 2.54 bits per heavy atom. The van der Waals surface area contributed by atoms with Gasteiger partial charge in [-0.25, -0.2) is 0 Å². The van der Waals surface area contributed by atoms with Crippen molar-refractivity contribution in [3.8, 4) is 0 Å². The van der Waals surface area contributed by atoms with E-state index < -0.39 is 0 Å². The lowest BCUT2D eigenvalue weighted by Crippen LogP contribution is -2.30. The van der Waals surface area contributed by atoms with Crippen LogP contribution in [0.3, 0.4) is 0 Å². The first-order valence-corrected chi connectivity index (χ1v) is 5.62. The molecule has 1 aliphatic carbocycles. The summed E-state index contributed by atoms with van der Waals surface area (Å²) in [5.74, 6) is 0.989. The first kappa shape index (κ1) is 11.0. The molecule has 13 heavy (non-hydrogen) atoms. The van der Waals surface area contributed by atoms with E-state index in [-0.39, 0.29) is 0 Å². The van der Waals surface area contributed by atoms with E-state index in [0.29, 0.717) is 6.61 Å². The van der Waals surface area contributed by atoms with Crippen LogP contribution >= 0.6 is 0 Å². The summed E-state index contributed by atoms with van der Waals surface area (Å²) in [7, 11) is 2.22. The summed E-state index contributed by atoms with van der Waals surface area (Å²) in [6, 6.07) is 0. The summed E-state index contributed by atoms with van der Waals surface area (Å²) in [5.41, 5.74) is 0. The first-order chi connectivity index (χ1) is 6.33. The lowest BCUT2D eigenvalue weighted by molar-refractivity contribution is 0.201. The van der Waals surface area contributed by atoms with Gasteiger partial charge >= 0.3 is 0 Å². The van der Waals surface area contributed by atoms with Crippen molar-refractivity contribution >= 4 is 0 Å². The van der Waals surface area contributed by atoms with E-state index in [9.17, 15) is 0 Å². The topological polar surface area (TPSA) is 23.5 Å². The minimum Gasteiger partial charge on any atom is -0.396 e. The van der Waals surface area contributed by atoms with Crippen LogP contribution in [0.5, 0.6) is 0 Å². The molecule has 0 aromatic heterocycles. The van der Waals surface area contributed by atoms with Gasteiger partial charge in [0.2, 0.25) is 0 Å². The van der Waals surface area contributed by atoms with E-state index >= 15 is 0 Å². The largest absolute Gasteiger partial charge is 0.396 e. The monoisotopic (exact) mass is 185 g/mol.